The lowest BCUT2D eigenvalue weighted by atomic mass is 9.98. The molecular weight excluding hydrogens is 464 g/mol. The minimum Gasteiger partial charge on any atom is -0.358 e. The number of rotatable bonds is 5. The van der Waals surface area contributed by atoms with Gasteiger partial charge in [-0.15, -0.1) is 0 Å². The first-order valence-corrected chi connectivity index (χ1v) is 13.0. The van der Waals surface area contributed by atoms with E-state index < -0.39 is 20.2 Å². The van der Waals surface area contributed by atoms with Gasteiger partial charge in [0, 0.05) is 28.9 Å². The Bertz CT molecular complexity index is 1470. The lowest BCUT2D eigenvalue weighted by molar-refractivity contribution is 0.481. The van der Waals surface area contributed by atoms with E-state index in [1.165, 1.54) is 24.3 Å². The monoisotopic (exact) mass is 486 g/mol. The molecule has 2 unspecified atom stereocenters. The zero-order valence-corrected chi connectivity index (χ0v) is 19.4. The molecular formula is C23H22N2O6S2. The van der Waals surface area contributed by atoms with Gasteiger partial charge >= 0.3 is 0 Å². The van der Waals surface area contributed by atoms with Crippen LogP contribution in [0.2, 0.25) is 0 Å². The summed E-state index contributed by atoms with van der Waals surface area (Å²) in [7, 11) is -8.52. The number of fused-ring (bicyclic) bond motifs is 2. The van der Waals surface area contributed by atoms with Crippen LogP contribution in [0.1, 0.15) is 36.8 Å². The van der Waals surface area contributed by atoms with E-state index >= 15 is 0 Å². The van der Waals surface area contributed by atoms with Crippen LogP contribution in [0.25, 0.3) is 0 Å². The molecule has 0 fully saturated rings. The highest BCUT2D eigenvalue weighted by Crippen LogP contribution is 2.39. The highest BCUT2D eigenvalue weighted by atomic mass is 32.2. The van der Waals surface area contributed by atoms with Gasteiger partial charge in [-0.3, -0.25) is 14.1 Å². The molecule has 3 N–H and O–H groups in total. The van der Waals surface area contributed by atoms with Gasteiger partial charge < -0.3 is 5.32 Å². The SMILES string of the molecule is CC1C(/C=C/C=C/C=C2\Nc3ccc(S(=O)(=O)O)cc3C2C)=Nc2ccc(S(=O)(=O)O)cc21. The minimum absolute atomic E-state index is 0.0685. The molecule has 0 bridgehead atoms. The fraction of sp³-hybridized carbons (Fsp3) is 0.174. The molecule has 2 aliphatic heterocycles. The van der Waals surface area contributed by atoms with Crippen molar-refractivity contribution in [2.24, 2.45) is 4.99 Å². The summed E-state index contributed by atoms with van der Waals surface area (Å²) >= 11 is 0. The zero-order valence-electron chi connectivity index (χ0n) is 17.8. The number of allylic oxidation sites excluding steroid dienone is 6. The van der Waals surface area contributed by atoms with Crippen molar-refractivity contribution in [2.45, 2.75) is 35.5 Å². The average molecular weight is 487 g/mol. The molecule has 0 amide bonds. The smallest absolute Gasteiger partial charge is 0.294 e. The summed E-state index contributed by atoms with van der Waals surface area (Å²) in [6.45, 7) is 3.85. The van der Waals surface area contributed by atoms with Gasteiger partial charge in [-0.05, 0) is 59.7 Å². The van der Waals surface area contributed by atoms with Crippen molar-refractivity contribution in [3.63, 3.8) is 0 Å². The Morgan fingerprint density at radius 1 is 0.848 bits per heavy atom. The second-order valence-corrected chi connectivity index (χ2v) is 10.7. The third-order valence-corrected chi connectivity index (χ3v) is 7.45. The van der Waals surface area contributed by atoms with Crippen molar-refractivity contribution >= 4 is 37.3 Å². The van der Waals surface area contributed by atoms with Crippen molar-refractivity contribution < 1.29 is 25.9 Å². The maximum atomic E-state index is 11.4. The maximum Gasteiger partial charge on any atom is 0.294 e. The van der Waals surface area contributed by atoms with Gasteiger partial charge in [-0.25, -0.2) is 0 Å². The van der Waals surface area contributed by atoms with Crippen LogP contribution < -0.4 is 5.32 Å². The number of hydrogen-bond acceptors (Lipinski definition) is 6. The summed E-state index contributed by atoms with van der Waals surface area (Å²) in [6.07, 6.45) is 9.22. The summed E-state index contributed by atoms with van der Waals surface area (Å²) in [6, 6.07) is 8.81. The van der Waals surface area contributed by atoms with Crippen molar-refractivity contribution in [1.82, 2.24) is 0 Å². The van der Waals surface area contributed by atoms with E-state index in [2.05, 4.69) is 10.3 Å². The van der Waals surface area contributed by atoms with E-state index in [4.69, 9.17) is 0 Å². The predicted molar refractivity (Wildman–Crippen MR) is 126 cm³/mol. The average Bonchev–Trinajstić information content (AvgIpc) is 3.22. The van der Waals surface area contributed by atoms with Gasteiger partial charge in [0.1, 0.15) is 0 Å². The van der Waals surface area contributed by atoms with Gasteiger partial charge in [0.15, 0.2) is 0 Å². The van der Waals surface area contributed by atoms with Crippen molar-refractivity contribution in [3.05, 3.63) is 83.6 Å². The Hall–Kier alpha value is -3.05. The van der Waals surface area contributed by atoms with E-state index in [1.54, 1.807) is 12.1 Å². The molecule has 0 saturated heterocycles. The van der Waals surface area contributed by atoms with Crippen molar-refractivity contribution in [2.75, 3.05) is 5.32 Å². The first-order valence-electron chi connectivity index (χ1n) is 10.1. The van der Waals surface area contributed by atoms with Crippen LogP contribution in [0, 0.1) is 0 Å². The number of anilines is 1. The number of nitrogens with zero attached hydrogens (tertiary/aromatic N) is 1. The van der Waals surface area contributed by atoms with Gasteiger partial charge in [0.25, 0.3) is 20.2 Å². The highest BCUT2D eigenvalue weighted by molar-refractivity contribution is 7.86. The standard InChI is InChI=1S/C23H22N2O6S2/c1-14-18-12-16(32(26,27)28)8-10-22(18)24-20(14)6-4-3-5-7-21-15(2)19-13-17(33(29,30)31)9-11-23(19)25-21/h3-15,24H,1-2H3,(H,26,27,28)(H,29,30,31)/b4-3+,7-5+,20-6-. The Morgan fingerprint density at radius 2 is 1.48 bits per heavy atom. The summed E-state index contributed by atoms with van der Waals surface area (Å²) in [5.41, 5.74) is 4.65. The molecule has 2 atom stereocenters. The van der Waals surface area contributed by atoms with E-state index in [1.807, 2.05) is 44.2 Å². The van der Waals surface area contributed by atoms with Gasteiger partial charge in [-0.2, -0.15) is 16.8 Å². The number of aliphatic imine (C=N–C) groups is 1. The quantitative estimate of drug-likeness (QED) is 0.416. The molecule has 4 rings (SSSR count). The summed E-state index contributed by atoms with van der Waals surface area (Å²) < 4.78 is 64.0. The first-order chi connectivity index (χ1) is 15.4. The molecule has 0 aliphatic carbocycles. The molecule has 0 radical (unpaired) electrons. The fourth-order valence-electron chi connectivity index (χ4n) is 3.89. The molecule has 0 aromatic heterocycles. The van der Waals surface area contributed by atoms with Gasteiger partial charge in [0.2, 0.25) is 0 Å². The van der Waals surface area contributed by atoms with E-state index in [0.29, 0.717) is 5.69 Å². The molecule has 0 saturated carbocycles. The summed E-state index contributed by atoms with van der Waals surface area (Å²) in [5.74, 6) is -0.186. The number of nitrogens with one attached hydrogen (secondary N) is 1. The Morgan fingerprint density at radius 3 is 2.15 bits per heavy atom. The van der Waals surface area contributed by atoms with Crippen LogP contribution in [0.15, 0.2) is 87.3 Å². The Labute approximate surface area is 192 Å². The van der Waals surface area contributed by atoms with Crippen LogP contribution in [-0.2, 0) is 20.2 Å². The molecule has 33 heavy (non-hydrogen) atoms. The van der Waals surface area contributed by atoms with E-state index in [0.717, 1.165) is 28.2 Å². The number of hydrogen-bond donors (Lipinski definition) is 3. The lowest BCUT2D eigenvalue weighted by Gasteiger charge is -2.06. The van der Waals surface area contributed by atoms with E-state index in [-0.39, 0.29) is 21.6 Å². The third kappa shape index (κ3) is 4.69. The summed E-state index contributed by atoms with van der Waals surface area (Å²) in [4.78, 5) is 4.24. The van der Waals surface area contributed by atoms with Gasteiger partial charge in [0.05, 0.1) is 15.5 Å². The van der Waals surface area contributed by atoms with Crippen molar-refractivity contribution in [1.29, 1.82) is 0 Å². The molecule has 8 nitrogen and oxygen atoms in total. The fourth-order valence-corrected chi connectivity index (χ4v) is 4.92. The van der Waals surface area contributed by atoms with Crippen LogP contribution in [0.3, 0.4) is 0 Å². The molecule has 2 aromatic rings. The maximum absolute atomic E-state index is 11.4. The van der Waals surface area contributed by atoms with E-state index in [9.17, 15) is 25.9 Å². The topological polar surface area (TPSA) is 133 Å². The molecule has 172 valence electrons. The molecule has 2 aromatic carbocycles. The Balaban J connectivity index is 1.45. The molecule has 2 aliphatic rings. The lowest BCUT2D eigenvalue weighted by Crippen LogP contribution is -2.03. The normalized spacial score (nSPS) is 21.5. The van der Waals surface area contributed by atoms with Crippen LogP contribution in [-0.4, -0.2) is 31.7 Å². The molecule has 10 heteroatoms. The van der Waals surface area contributed by atoms with Crippen LogP contribution >= 0.6 is 0 Å². The number of benzene rings is 2. The third-order valence-electron chi connectivity index (χ3n) is 5.75. The Kier molecular flexibility index (Phi) is 5.87. The minimum atomic E-state index is -4.27. The van der Waals surface area contributed by atoms with Crippen LogP contribution in [0.5, 0.6) is 0 Å². The highest BCUT2D eigenvalue weighted by Gasteiger charge is 2.25. The van der Waals surface area contributed by atoms with Crippen molar-refractivity contribution in [3.8, 4) is 0 Å². The molecule has 0 spiro atoms. The molecule has 2 heterocycles. The van der Waals surface area contributed by atoms with Gasteiger partial charge in [-0.1, -0.05) is 32.1 Å². The second kappa shape index (κ2) is 8.38. The zero-order chi connectivity index (χ0) is 24.0. The summed E-state index contributed by atoms with van der Waals surface area (Å²) in [5, 5.41) is 3.25. The largest absolute Gasteiger partial charge is 0.358 e. The van der Waals surface area contributed by atoms with Crippen LogP contribution in [0.4, 0.5) is 11.4 Å². The second-order valence-electron chi connectivity index (χ2n) is 7.89. The predicted octanol–water partition coefficient (Wildman–Crippen LogP) is 4.60. The first kappa shape index (κ1) is 23.1.